The number of methoxy groups -OCH3 is 1. The van der Waals surface area contributed by atoms with E-state index in [0.29, 0.717) is 6.61 Å². The highest BCUT2D eigenvalue weighted by Gasteiger charge is 2.50. The maximum Gasteiger partial charge on any atom is 0.261 e. The molecule has 1 N–H and O–H groups in total. The largest absolute Gasteiger partial charge is 0.497 e. The van der Waals surface area contributed by atoms with Crippen molar-refractivity contribution in [1.82, 2.24) is 0 Å². The van der Waals surface area contributed by atoms with E-state index in [9.17, 15) is 0 Å². The fraction of sp³-hybridized carbons (Fsp3) is 0.235. The Bertz CT molecular complexity index is 1230. The van der Waals surface area contributed by atoms with Crippen LogP contribution in [0.25, 0.3) is 6.08 Å². The van der Waals surface area contributed by atoms with E-state index in [1.807, 2.05) is 18.2 Å². The molecule has 1 atom stereocenters. The second-order valence-electron chi connectivity index (χ2n) is 10.5. The van der Waals surface area contributed by atoms with Gasteiger partial charge in [0.05, 0.1) is 7.11 Å². The zero-order valence-electron chi connectivity index (χ0n) is 22.9. The van der Waals surface area contributed by atoms with E-state index in [0.717, 1.165) is 17.9 Å². The molecule has 0 saturated carbocycles. The molecule has 0 heterocycles. The van der Waals surface area contributed by atoms with Crippen molar-refractivity contribution in [3.05, 3.63) is 127 Å². The molecule has 0 saturated heterocycles. The van der Waals surface area contributed by atoms with Crippen LogP contribution in [0, 0.1) is 0 Å². The first kappa shape index (κ1) is 27.4. The van der Waals surface area contributed by atoms with Crippen molar-refractivity contribution in [3.63, 3.8) is 0 Å². The van der Waals surface area contributed by atoms with Crippen LogP contribution in [0.15, 0.2) is 121 Å². The second kappa shape index (κ2) is 12.8. The molecule has 0 amide bonds. The number of rotatable bonds is 11. The molecule has 0 aliphatic carbocycles. The summed E-state index contributed by atoms with van der Waals surface area (Å²) in [6, 6.07) is 40.3. The van der Waals surface area contributed by atoms with Crippen molar-refractivity contribution in [1.29, 1.82) is 0 Å². The van der Waals surface area contributed by atoms with Gasteiger partial charge in [0.2, 0.25) is 0 Å². The van der Waals surface area contributed by atoms with Crippen molar-refractivity contribution in [2.75, 3.05) is 19.0 Å². The van der Waals surface area contributed by atoms with Crippen LogP contribution in [0.3, 0.4) is 0 Å². The van der Waals surface area contributed by atoms with Gasteiger partial charge in [-0.25, -0.2) is 0 Å². The highest BCUT2D eigenvalue weighted by Crippen LogP contribution is 2.37. The molecule has 4 aromatic carbocycles. The lowest BCUT2D eigenvalue weighted by atomic mass is 10.1. The van der Waals surface area contributed by atoms with Crippen molar-refractivity contribution in [2.45, 2.75) is 38.3 Å². The Kier molecular flexibility index (Phi) is 9.22. The first-order chi connectivity index (χ1) is 18.4. The molecular formula is C34H39NO2Si. The maximum atomic E-state index is 7.17. The van der Waals surface area contributed by atoms with Crippen LogP contribution in [-0.4, -0.2) is 28.1 Å². The number of nitrogens with one attached hydrogen (secondary N) is 1. The van der Waals surface area contributed by atoms with E-state index in [1.54, 1.807) is 7.11 Å². The molecule has 4 heteroatoms. The normalized spacial score (nSPS) is 12.8. The average Bonchev–Trinajstić information content (AvgIpc) is 2.95. The summed E-state index contributed by atoms with van der Waals surface area (Å²) in [5, 5.41) is 6.26. The van der Waals surface area contributed by atoms with Gasteiger partial charge in [-0.15, -0.1) is 0 Å². The number of anilines is 1. The van der Waals surface area contributed by atoms with Gasteiger partial charge in [0.25, 0.3) is 8.32 Å². The molecule has 38 heavy (non-hydrogen) atoms. The third-order valence-electron chi connectivity index (χ3n) is 6.93. The lowest BCUT2D eigenvalue weighted by Gasteiger charge is -2.43. The van der Waals surface area contributed by atoms with Crippen molar-refractivity contribution in [3.8, 4) is 5.75 Å². The summed E-state index contributed by atoms with van der Waals surface area (Å²) in [4.78, 5) is 0. The van der Waals surface area contributed by atoms with Gasteiger partial charge in [0.1, 0.15) is 5.75 Å². The van der Waals surface area contributed by atoms with Crippen LogP contribution in [-0.2, 0) is 4.43 Å². The number of benzene rings is 4. The summed E-state index contributed by atoms with van der Waals surface area (Å²) >= 11 is 0. The smallest absolute Gasteiger partial charge is 0.261 e. The first-order valence-electron chi connectivity index (χ1n) is 13.3. The van der Waals surface area contributed by atoms with Crippen LogP contribution < -0.4 is 20.4 Å². The lowest BCUT2D eigenvalue weighted by molar-refractivity contribution is 0.289. The summed E-state index contributed by atoms with van der Waals surface area (Å²) in [5.74, 6) is 0.849. The minimum absolute atomic E-state index is 0.0471. The fourth-order valence-electron chi connectivity index (χ4n) is 5.01. The van der Waals surface area contributed by atoms with Crippen LogP contribution >= 0.6 is 0 Å². The Hall–Kier alpha value is -3.60. The average molecular weight is 522 g/mol. The molecule has 196 valence electrons. The molecule has 3 nitrogen and oxygen atoms in total. The van der Waals surface area contributed by atoms with E-state index in [4.69, 9.17) is 9.16 Å². The lowest BCUT2D eigenvalue weighted by Crippen LogP contribution is -2.66. The second-order valence-corrected chi connectivity index (χ2v) is 14.9. The van der Waals surface area contributed by atoms with Gasteiger partial charge in [-0.3, -0.25) is 0 Å². The standard InChI is InChI=1S/C34H39NO2Si/c1-34(2,3)38(32-16-10-6-11-17-32,33-18-12-7-13-19-33)37-27-26-30(21-20-28-14-8-5-9-15-28)35-29-22-24-31(36-4)25-23-29/h5-25,30,35H,26-27H2,1-4H3/b21-20+/t30-/m0/s1. The molecule has 0 fully saturated rings. The predicted molar refractivity (Wildman–Crippen MR) is 164 cm³/mol. The fourth-order valence-corrected chi connectivity index (χ4v) is 9.59. The Morgan fingerprint density at radius 3 is 1.76 bits per heavy atom. The van der Waals surface area contributed by atoms with Crippen LogP contribution in [0.2, 0.25) is 5.04 Å². The zero-order chi connectivity index (χ0) is 26.8. The minimum Gasteiger partial charge on any atom is -0.497 e. The number of hydrogen-bond donors (Lipinski definition) is 1. The van der Waals surface area contributed by atoms with Gasteiger partial charge < -0.3 is 14.5 Å². The highest BCUT2D eigenvalue weighted by molar-refractivity contribution is 6.99. The van der Waals surface area contributed by atoms with Gasteiger partial charge in [0, 0.05) is 18.3 Å². The van der Waals surface area contributed by atoms with Crippen LogP contribution in [0.4, 0.5) is 5.69 Å². The Labute approximate surface area is 229 Å². The summed E-state index contributed by atoms with van der Waals surface area (Å²) in [7, 11) is -0.885. The third-order valence-corrected chi connectivity index (χ3v) is 12.0. The predicted octanol–water partition coefficient (Wildman–Crippen LogP) is 7.16. The van der Waals surface area contributed by atoms with E-state index in [2.05, 4.69) is 135 Å². The van der Waals surface area contributed by atoms with E-state index >= 15 is 0 Å². The number of hydrogen-bond acceptors (Lipinski definition) is 3. The summed E-state index contributed by atoms with van der Waals surface area (Å²) < 4.78 is 12.5. The third kappa shape index (κ3) is 6.63. The SMILES string of the molecule is COc1ccc(N[C@@H](/C=C/c2ccccc2)CCO[Si](c2ccccc2)(c2ccccc2)C(C)(C)C)cc1. The molecule has 0 aliphatic heterocycles. The van der Waals surface area contributed by atoms with E-state index < -0.39 is 8.32 Å². The first-order valence-corrected chi connectivity index (χ1v) is 15.2. The molecule has 0 radical (unpaired) electrons. The Balaban J connectivity index is 1.61. The number of ether oxygens (including phenoxy) is 1. The van der Waals surface area contributed by atoms with Gasteiger partial charge >= 0.3 is 0 Å². The molecule has 0 unspecified atom stereocenters. The Morgan fingerprint density at radius 1 is 0.737 bits per heavy atom. The highest BCUT2D eigenvalue weighted by atomic mass is 28.4. The van der Waals surface area contributed by atoms with Gasteiger partial charge in [-0.2, -0.15) is 0 Å². The van der Waals surface area contributed by atoms with E-state index in [1.165, 1.54) is 15.9 Å². The molecule has 4 aromatic rings. The minimum atomic E-state index is -2.58. The van der Waals surface area contributed by atoms with Gasteiger partial charge in [0.15, 0.2) is 0 Å². The molecule has 0 spiro atoms. The topological polar surface area (TPSA) is 30.5 Å². The van der Waals surface area contributed by atoms with Crippen molar-refractivity contribution in [2.24, 2.45) is 0 Å². The van der Waals surface area contributed by atoms with Crippen LogP contribution in [0.1, 0.15) is 32.8 Å². The van der Waals surface area contributed by atoms with Gasteiger partial charge in [-0.1, -0.05) is 124 Å². The monoisotopic (exact) mass is 521 g/mol. The van der Waals surface area contributed by atoms with E-state index in [-0.39, 0.29) is 11.1 Å². The zero-order valence-corrected chi connectivity index (χ0v) is 23.9. The summed E-state index contributed by atoms with van der Waals surface area (Å²) in [6.45, 7) is 7.60. The van der Waals surface area contributed by atoms with Crippen molar-refractivity contribution >= 4 is 30.5 Å². The molecule has 0 aliphatic rings. The molecule has 0 aromatic heterocycles. The van der Waals surface area contributed by atoms with Gasteiger partial charge in [-0.05, 0) is 51.7 Å². The van der Waals surface area contributed by atoms with Crippen LogP contribution in [0.5, 0.6) is 5.75 Å². The summed E-state index contributed by atoms with van der Waals surface area (Å²) in [5.41, 5.74) is 2.24. The molecular weight excluding hydrogens is 482 g/mol. The molecule has 4 rings (SSSR count). The molecule has 0 bridgehead atoms. The quantitative estimate of drug-likeness (QED) is 0.213. The van der Waals surface area contributed by atoms with Crippen molar-refractivity contribution < 1.29 is 9.16 Å². The maximum absolute atomic E-state index is 7.17. The Morgan fingerprint density at radius 2 is 1.26 bits per heavy atom. The summed E-state index contributed by atoms with van der Waals surface area (Å²) in [6.07, 6.45) is 5.26.